The monoisotopic (exact) mass is 269 g/mol. The molecule has 1 aromatic carbocycles. The average Bonchev–Trinajstić information content (AvgIpc) is 2.46. The third-order valence-corrected chi connectivity index (χ3v) is 4.77. The van der Waals surface area contributed by atoms with Crippen molar-refractivity contribution in [3.8, 4) is 0 Å². The molecule has 2 aliphatic rings. The minimum Gasteiger partial charge on any atom is -0.366 e. The zero-order chi connectivity index (χ0) is 9.54. The highest BCUT2D eigenvalue weighted by Crippen LogP contribution is 2.36. The van der Waals surface area contributed by atoms with E-state index in [0.717, 1.165) is 6.04 Å². The summed E-state index contributed by atoms with van der Waals surface area (Å²) < 4.78 is 1.20. The largest absolute Gasteiger partial charge is 0.366 e. The molecule has 0 aliphatic carbocycles. The summed E-state index contributed by atoms with van der Waals surface area (Å²) in [6.45, 7) is 1.22. The standard InChI is InChI=1S/C11H12BrNS/c12-9-2-1-8-3-4-13(11(8)5-9)10-6-14-7-10/h1-2,5,10H,3-4,6-7H2. The van der Waals surface area contributed by atoms with Gasteiger partial charge in [0.2, 0.25) is 0 Å². The second kappa shape index (κ2) is 3.46. The highest BCUT2D eigenvalue weighted by atomic mass is 79.9. The van der Waals surface area contributed by atoms with Crippen LogP contribution in [0.5, 0.6) is 0 Å². The van der Waals surface area contributed by atoms with Gasteiger partial charge < -0.3 is 4.90 Å². The third-order valence-electron chi connectivity index (χ3n) is 3.04. The van der Waals surface area contributed by atoms with Gasteiger partial charge in [-0.05, 0) is 24.1 Å². The molecule has 3 heteroatoms. The summed E-state index contributed by atoms with van der Waals surface area (Å²) >= 11 is 5.61. The van der Waals surface area contributed by atoms with Gasteiger partial charge >= 0.3 is 0 Å². The van der Waals surface area contributed by atoms with Crippen molar-refractivity contribution in [3.05, 3.63) is 28.2 Å². The smallest absolute Gasteiger partial charge is 0.0471 e. The predicted octanol–water partition coefficient (Wildman–Crippen LogP) is 2.93. The van der Waals surface area contributed by atoms with Gasteiger partial charge in [0.15, 0.2) is 0 Å². The first-order valence-corrected chi connectivity index (χ1v) is 6.92. The fourth-order valence-corrected chi connectivity index (χ4v) is 3.32. The second-order valence-electron chi connectivity index (χ2n) is 3.91. The van der Waals surface area contributed by atoms with Crippen molar-refractivity contribution in [2.24, 2.45) is 0 Å². The predicted molar refractivity (Wildman–Crippen MR) is 66.3 cm³/mol. The maximum atomic E-state index is 3.55. The van der Waals surface area contributed by atoms with Crippen LogP contribution in [0.15, 0.2) is 22.7 Å². The molecule has 0 radical (unpaired) electrons. The summed E-state index contributed by atoms with van der Waals surface area (Å²) in [5.41, 5.74) is 2.98. The van der Waals surface area contributed by atoms with Crippen molar-refractivity contribution < 1.29 is 0 Å². The molecule has 0 atom stereocenters. The van der Waals surface area contributed by atoms with Gasteiger partial charge in [0, 0.05) is 34.3 Å². The molecule has 0 saturated carbocycles. The van der Waals surface area contributed by atoms with E-state index in [1.54, 1.807) is 0 Å². The lowest BCUT2D eigenvalue weighted by molar-refractivity contribution is 0.702. The minimum absolute atomic E-state index is 0.801. The summed E-state index contributed by atoms with van der Waals surface area (Å²) in [6, 6.07) is 7.48. The molecule has 0 bridgehead atoms. The molecule has 2 heterocycles. The first-order chi connectivity index (χ1) is 6.84. The van der Waals surface area contributed by atoms with Crippen molar-refractivity contribution in [1.82, 2.24) is 0 Å². The molecule has 1 saturated heterocycles. The van der Waals surface area contributed by atoms with E-state index in [4.69, 9.17) is 0 Å². The Balaban J connectivity index is 1.95. The van der Waals surface area contributed by atoms with Crippen LogP contribution in [0.2, 0.25) is 0 Å². The molecule has 2 aliphatic heterocycles. The maximum Gasteiger partial charge on any atom is 0.0471 e. The Morgan fingerprint density at radius 3 is 2.93 bits per heavy atom. The van der Waals surface area contributed by atoms with Crippen molar-refractivity contribution in [2.45, 2.75) is 12.5 Å². The number of halogens is 1. The normalized spacial score (nSPS) is 20.8. The van der Waals surface area contributed by atoms with E-state index in [0.29, 0.717) is 0 Å². The Kier molecular flexibility index (Phi) is 2.25. The highest BCUT2D eigenvalue weighted by molar-refractivity contribution is 9.10. The zero-order valence-electron chi connectivity index (χ0n) is 7.87. The summed E-state index contributed by atoms with van der Waals surface area (Å²) in [6.07, 6.45) is 1.23. The lowest BCUT2D eigenvalue weighted by Gasteiger charge is -2.36. The van der Waals surface area contributed by atoms with E-state index in [1.165, 1.54) is 40.2 Å². The van der Waals surface area contributed by atoms with Crippen molar-refractivity contribution in [3.63, 3.8) is 0 Å². The van der Waals surface area contributed by atoms with Gasteiger partial charge in [0.25, 0.3) is 0 Å². The third kappa shape index (κ3) is 1.38. The van der Waals surface area contributed by atoms with Crippen LogP contribution in [-0.4, -0.2) is 24.1 Å². The van der Waals surface area contributed by atoms with Crippen LogP contribution in [-0.2, 0) is 6.42 Å². The van der Waals surface area contributed by atoms with E-state index in [-0.39, 0.29) is 0 Å². The Bertz CT molecular complexity index is 362. The Morgan fingerprint density at radius 1 is 1.36 bits per heavy atom. The van der Waals surface area contributed by atoms with E-state index in [2.05, 4.69) is 50.8 Å². The topological polar surface area (TPSA) is 3.24 Å². The van der Waals surface area contributed by atoms with Crippen LogP contribution in [0, 0.1) is 0 Å². The van der Waals surface area contributed by atoms with Crippen molar-refractivity contribution in [1.29, 1.82) is 0 Å². The number of thioether (sulfide) groups is 1. The average molecular weight is 270 g/mol. The summed E-state index contributed by atoms with van der Waals surface area (Å²) in [7, 11) is 0. The van der Waals surface area contributed by atoms with Crippen LogP contribution in [0.25, 0.3) is 0 Å². The molecule has 1 nitrogen and oxygen atoms in total. The number of benzene rings is 1. The molecule has 1 fully saturated rings. The number of nitrogens with zero attached hydrogens (tertiary/aromatic N) is 1. The first-order valence-electron chi connectivity index (χ1n) is 4.97. The number of hydrogen-bond donors (Lipinski definition) is 0. The molecule has 0 spiro atoms. The van der Waals surface area contributed by atoms with Crippen LogP contribution in [0.3, 0.4) is 0 Å². The number of hydrogen-bond acceptors (Lipinski definition) is 2. The van der Waals surface area contributed by atoms with Gasteiger partial charge in [0.1, 0.15) is 0 Å². The fraction of sp³-hybridized carbons (Fsp3) is 0.455. The lowest BCUT2D eigenvalue weighted by atomic mass is 10.2. The van der Waals surface area contributed by atoms with E-state index in [9.17, 15) is 0 Å². The molecule has 74 valence electrons. The minimum atomic E-state index is 0.801. The molecule has 3 rings (SSSR count). The first kappa shape index (κ1) is 9.10. The quantitative estimate of drug-likeness (QED) is 0.772. The molecular weight excluding hydrogens is 258 g/mol. The summed E-state index contributed by atoms with van der Waals surface area (Å²) in [5, 5.41) is 0. The van der Waals surface area contributed by atoms with Gasteiger partial charge in [-0.15, -0.1) is 0 Å². The van der Waals surface area contributed by atoms with Crippen LogP contribution in [0.1, 0.15) is 5.56 Å². The fourth-order valence-electron chi connectivity index (χ4n) is 2.16. The molecule has 0 aromatic heterocycles. The SMILES string of the molecule is Brc1ccc2c(c1)N(C1CSC1)CC2. The van der Waals surface area contributed by atoms with E-state index in [1.807, 2.05) is 0 Å². The van der Waals surface area contributed by atoms with E-state index >= 15 is 0 Å². The van der Waals surface area contributed by atoms with Gasteiger partial charge in [-0.1, -0.05) is 22.0 Å². The van der Waals surface area contributed by atoms with Crippen molar-refractivity contribution >= 4 is 33.4 Å². The Morgan fingerprint density at radius 2 is 2.21 bits per heavy atom. The molecule has 0 N–H and O–H groups in total. The molecule has 1 aromatic rings. The molecule has 14 heavy (non-hydrogen) atoms. The van der Waals surface area contributed by atoms with Gasteiger partial charge in [-0.25, -0.2) is 0 Å². The Labute approximate surface area is 97.0 Å². The summed E-state index contributed by atoms with van der Waals surface area (Å²) in [4.78, 5) is 2.58. The van der Waals surface area contributed by atoms with Crippen LogP contribution >= 0.6 is 27.7 Å². The molecular formula is C11H12BrNS. The van der Waals surface area contributed by atoms with Crippen LogP contribution < -0.4 is 4.90 Å². The van der Waals surface area contributed by atoms with Gasteiger partial charge in [-0.2, -0.15) is 11.8 Å². The molecule has 0 unspecified atom stereocenters. The second-order valence-corrected chi connectivity index (χ2v) is 5.90. The maximum absolute atomic E-state index is 3.55. The van der Waals surface area contributed by atoms with Gasteiger partial charge in [0.05, 0.1) is 0 Å². The molecule has 0 amide bonds. The number of fused-ring (bicyclic) bond motifs is 1. The number of anilines is 1. The van der Waals surface area contributed by atoms with Crippen molar-refractivity contribution in [2.75, 3.05) is 23.0 Å². The number of rotatable bonds is 1. The lowest BCUT2D eigenvalue weighted by Crippen LogP contribution is -2.43. The Hall–Kier alpha value is -0.150. The summed E-state index contributed by atoms with van der Waals surface area (Å²) in [5.74, 6) is 2.62. The van der Waals surface area contributed by atoms with Crippen LogP contribution in [0.4, 0.5) is 5.69 Å². The highest BCUT2D eigenvalue weighted by Gasteiger charge is 2.30. The van der Waals surface area contributed by atoms with E-state index < -0.39 is 0 Å². The zero-order valence-corrected chi connectivity index (χ0v) is 10.3. The van der Waals surface area contributed by atoms with Gasteiger partial charge in [-0.3, -0.25) is 0 Å².